The summed E-state index contributed by atoms with van der Waals surface area (Å²) in [5.74, 6) is -0.248. The standard InChI is InChI=1S/C21H24N6O/c28-21(20-19(14-24-26-20)23-12-16-6-2-1-3-7-16)25-17-8-9-18(22-13-17)15-27-10-4-5-11-27/h1-3,6-9,13-14,23H,4-5,10-12,15H2,(H,24,26)(H,25,28). The highest BCUT2D eigenvalue weighted by molar-refractivity contribution is 6.06. The number of hydrogen-bond acceptors (Lipinski definition) is 5. The van der Waals surface area contributed by atoms with E-state index in [2.05, 4.69) is 30.7 Å². The first kappa shape index (κ1) is 18.2. The highest BCUT2D eigenvalue weighted by Crippen LogP contribution is 2.17. The number of carbonyl (C=O) groups is 1. The highest BCUT2D eigenvalue weighted by Gasteiger charge is 2.15. The Labute approximate surface area is 164 Å². The number of amides is 1. The van der Waals surface area contributed by atoms with Gasteiger partial charge >= 0.3 is 0 Å². The molecule has 0 unspecified atom stereocenters. The van der Waals surface area contributed by atoms with Crippen LogP contribution in [0.2, 0.25) is 0 Å². The number of anilines is 2. The number of aromatic nitrogens is 3. The van der Waals surface area contributed by atoms with Gasteiger partial charge < -0.3 is 10.6 Å². The fourth-order valence-corrected chi connectivity index (χ4v) is 3.34. The van der Waals surface area contributed by atoms with Gasteiger partial charge in [0.25, 0.3) is 5.91 Å². The van der Waals surface area contributed by atoms with E-state index < -0.39 is 0 Å². The van der Waals surface area contributed by atoms with Crippen LogP contribution in [0.1, 0.15) is 34.6 Å². The molecule has 144 valence electrons. The molecule has 2 aromatic heterocycles. The number of benzene rings is 1. The van der Waals surface area contributed by atoms with Crippen molar-refractivity contribution < 1.29 is 4.79 Å². The average molecular weight is 376 g/mol. The summed E-state index contributed by atoms with van der Waals surface area (Å²) in [6.45, 7) is 3.76. The number of hydrogen-bond donors (Lipinski definition) is 3. The summed E-state index contributed by atoms with van der Waals surface area (Å²) >= 11 is 0. The molecule has 4 rings (SSSR count). The van der Waals surface area contributed by atoms with E-state index >= 15 is 0 Å². The summed E-state index contributed by atoms with van der Waals surface area (Å²) in [6.07, 6.45) is 5.85. The lowest BCUT2D eigenvalue weighted by atomic mass is 10.2. The van der Waals surface area contributed by atoms with Crippen molar-refractivity contribution >= 4 is 17.3 Å². The summed E-state index contributed by atoms with van der Waals surface area (Å²) in [7, 11) is 0. The van der Waals surface area contributed by atoms with Gasteiger partial charge in [0.05, 0.1) is 29.5 Å². The second kappa shape index (κ2) is 8.67. The van der Waals surface area contributed by atoms with E-state index in [1.807, 2.05) is 42.5 Å². The van der Waals surface area contributed by atoms with E-state index in [0.717, 1.165) is 30.9 Å². The van der Waals surface area contributed by atoms with Gasteiger partial charge in [-0.25, -0.2) is 0 Å². The molecule has 0 aliphatic carbocycles. The first-order valence-electron chi connectivity index (χ1n) is 9.58. The second-order valence-corrected chi connectivity index (χ2v) is 6.97. The summed E-state index contributed by atoms with van der Waals surface area (Å²) in [4.78, 5) is 19.5. The molecule has 1 aliphatic heterocycles. The first-order chi connectivity index (χ1) is 13.8. The van der Waals surface area contributed by atoms with E-state index in [-0.39, 0.29) is 5.91 Å². The molecule has 28 heavy (non-hydrogen) atoms. The third-order valence-electron chi connectivity index (χ3n) is 4.86. The SMILES string of the molecule is O=C(Nc1ccc(CN2CCCC2)nc1)c1[nH]ncc1NCc1ccccc1. The Hall–Kier alpha value is -3.19. The second-order valence-electron chi connectivity index (χ2n) is 6.97. The molecule has 0 atom stereocenters. The Morgan fingerprint density at radius 2 is 1.89 bits per heavy atom. The molecule has 0 bridgehead atoms. The number of H-pyrrole nitrogens is 1. The molecule has 7 nitrogen and oxygen atoms in total. The zero-order valence-electron chi connectivity index (χ0n) is 15.7. The van der Waals surface area contributed by atoms with Gasteiger partial charge in [-0.2, -0.15) is 5.10 Å². The van der Waals surface area contributed by atoms with Gasteiger partial charge in [-0.3, -0.25) is 19.8 Å². The molecular weight excluding hydrogens is 352 g/mol. The van der Waals surface area contributed by atoms with Crippen LogP contribution in [0.15, 0.2) is 54.9 Å². The minimum atomic E-state index is -0.248. The molecule has 1 saturated heterocycles. The van der Waals surface area contributed by atoms with Gasteiger partial charge in [0.15, 0.2) is 0 Å². The van der Waals surface area contributed by atoms with E-state index in [1.165, 1.54) is 12.8 Å². The lowest BCUT2D eigenvalue weighted by molar-refractivity contribution is 0.102. The summed E-state index contributed by atoms with van der Waals surface area (Å²) in [6, 6.07) is 13.9. The molecule has 0 spiro atoms. The minimum absolute atomic E-state index is 0.248. The van der Waals surface area contributed by atoms with Gasteiger partial charge in [0.2, 0.25) is 0 Å². The molecule has 3 N–H and O–H groups in total. The Kier molecular flexibility index (Phi) is 5.63. The molecule has 1 aliphatic rings. The molecule has 1 amide bonds. The van der Waals surface area contributed by atoms with Gasteiger partial charge in [0, 0.05) is 13.1 Å². The summed E-state index contributed by atoms with van der Waals surface area (Å²) in [5, 5.41) is 12.9. The maximum absolute atomic E-state index is 12.6. The number of pyridine rings is 1. The van der Waals surface area contributed by atoms with Gasteiger partial charge in [-0.1, -0.05) is 30.3 Å². The van der Waals surface area contributed by atoms with Crippen LogP contribution < -0.4 is 10.6 Å². The molecule has 1 aromatic carbocycles. The van der Waals surface area contributed by atoms with Crippen LogP contribution in [-0.2, 0) is 13.1 Å². The monoisotopic (exact) mass is 376 g/mol. The van der Waals surface area contributed by atoms with E-state index in [9.17, 15) is 4.79 Å². The van der Waals surface area contributed by atoms with Crippen LogP contribution >= 0.6 is 0 Å². The lowest BCUT2D eigenvalue weighted by Crippen LogP contribution is -2.19. The highest BCUT2D eigenvalue weighted by atomic mass is 16.2. The number of rotatable bonds is 7. The lowest BCUT2D eigenvalue weighted by Gasteiger charge is -2.14. The van der Waals surface area contributed by atoms with E-state index in [0.29, 0.717) is 23.6 Å². The van der Waals surface area contributed by atoms with Crippen LogP contribution in [-0.4, -0.2) is 39.1 Å². The van der Waals surface area contributed by atoms with Crippen molar-refractivity contribution in [1.29, 1.82) is 0 Å². The van der Waals surface area contributed by atoms with Crippen LogP contribution in [0.3, 0.4) is 0 Å². The summed E-state index contributed by atoms with van der Waals surface area (Å²) < 4.78 is 0. The van der Waals surface area contributed by atoms with Crippen LogP contribution in [0.25, 0.3) is 0 Å². The normalized spacial score (nSPS) is 14.1. The first-order valence-corrected chi connectivity index (χ1v) is 9.58. The number of nitrogens with zero attached hydrogens (tertiary/aromatic N) is 3. The third-order valence-corrected chi connectivity index (χ3v) is 4.86. The van der Waals surface area contributed by atoms with Crippen molar-refractivity contribution in [3.63, 3.8) is 0 Å². The van der Waals surface area contributed by atoms with Crippen molar-refractivity contribution in [3.05, 3.63) is 71.8 Å². The fraction of sp³-hybridized carbons (Fsp3) is 0.286. The predicted octanol–water partition coefficient (Wildman–Crippen LogP) is 3.26. The van der Waals surface area contributed by atoms with Crippen LogP contribution in [0.5, 0.6) is 0 Å². The number of aromatic amines is 1. The molecular formula is C21H24N6O. The maximum Gasteiger partial charge on any atom is 0.275 e. The molecule has 0 radical (unpaired) electrons. The molecule has 7 heteroatoms. The van der Waals surface area contributed by atoms with Crippen molar-refractivity contribution in [2.24, 2.45) is 0 Å². The zero-order chi connectivity index (χ0) is 19.2. The van der Waals surface area contributed by atoms with Gasteiger partial charge in [-0.05, 0) is 43.6 Å². The Morgan fingerprint density at radius 1 is 1.07 bits per heavy atom. The Morgan fingerprint density at radius 3 is 2.64 bits per heavy atom. The van der Waals surface area contributed by atoms with E-state index in [1.54, 1.807) is 12.4 Å². The van der Waals surface area contributed by atoms with Gasteiger partial charge in [0.1, 0.15) is 5.69 Å². The third kappa shape index (κ3) is 4.55. The smallest absolute Gasteiger partial charge is 0.275 e. The fourth-order valence-electron chi connectivity index (χ4n) is 3.34. The van der Waals surface area contributed by atoms with Crippen molar-refractivity contribution in [1.82, 2.24) is 20.1 Å². The maximum atomic E-state index is 12.6. The van der Waals surface area contributed by atoms with Crippen molar-refractivity contribution in [2.75, 3.05) is 23.7 Å². The van der Waals surface area contributed by atoms with Crippen LogP contribution in [0, 0.1) is 0 Å². The van der Waals surface area contributed by atoms with Gasteiger partial charge in [-0.15, -0.1) is 0 Å². The zero-order valence-corrected chi connectivity index (χ0v) is 15.7. The Balaban J connectivity index is 1.35. The molecule has 1 fully saturated rings. The van der Waals surface area contributed by atoms with Crippen molar-refractivity contribution in [3.8, 4) is 0 Å². The molecule has 3 aromatic rings. The molecule has 0 saturated carbocycles. The van der Waals surface area contributed by atoms with Crippen molar-refractivity contribution in [2.45, 2.75) is 25.9 Å². The number of likely N-dealkylation sites (tertiary alicyclic amines) is 1. The molecule has 3 heterocycles. The topological polar surface area (TPSA) is 85.9 Å². The summed E-state index contributed by atoms with van der Waals surface area (Å²) in [5.41, 5.74) is 3.88. The number of nitrogens with one attached hydrogen (secondary N) is 3. The average Bonchev–Trinajstić information content (AvgIpc) is 3.40. The quantitative estimate of drug-likeness (QED) is 0.589. The van der Waals surface area contributed by atoms with E-state index in [4.69, 9.17) is 0 Å². The van der Waals surface area contributed by atoms with Crippen LogP contribution in [0.4, 0.5) is 11.4 Å². The Bertz CT molecular complexity index is 900. The number of carbonyl (C=O) groups excluding carboxylic acids is 1. The largest absolute Gasteiger partial charge is 0.378 e. The minimum Gasteiger partial charge on any atom is -0.378 e. The predicted molar refractivity (Wildman–Crippen MR) is 109 cm³/mol.